The summed E-state index contributed by atoms with van der Waals surface area (Å²) in [6.45, 7) is 0.603. The fourth-order valence-electron chi connectivity index (χ4n) is 2.68. The van der Waals surface area contributed by atoms with E-state index in [0.717, 1.165) is 22.2 Å². The van der Waals surface area contributed by atoms with E-state index in [0.29, 0.717) is 22.7 Å². The van der Waals surface area contributed by atoms with Gasteiger partial charge in [0.05, 0.1) is 28.4 Å². The molecule has 1 aromatic heterocycles. The number of rotatable bonds is 3. The van der Waals surface area contributed by atoms with Crippen LogP contribution in [0.4, 0.5) is 5.69 Å². The van der Waals surface area contributed by atoms with Gasteiger partial charge in [-0.1, -0.05) is 23.7 Å². The Morgan fingerprint density at radius 1 is 1.08 bits per heavy atom. The number of pyridine rings is 1. The minimum atomic E-state index is 0.501. The molecular weight excluding hydrogens is 320 g/mol. The smallest absolute Gasteiger partial charge is 0.103 e. The third-order valence-corrected chi connectivity index (χ3v) is 4.04. The quantitative estimate of drug-likeness (QED) is 0.718. The zero-order chi connectivity index (χ0) is 17.1. The van der Waals surface area contributed by atoms with Crippen LogP contribution in [0.2, 0.25) is 5.02 Å². The van der Waals surface area contributed by atoms with Gasteiger partial charge < -0.3 is 4.90 Å². The first kappa shape index (κ1) is 15.8. The lowest BCUT2D eigenvalue weighted by atomic mass is 10.1. The summed E-state index contributed by atoms with van der Waals surface area (Å²) < 4.78 is 0. The Hall–Kier alpha value is -3.08. The minimum Gasteiger partial charge on any atom is -0.369 e. The van der Waals surface area contributed by atoms with Gasteiger partial charge in [-0.3, -0.25) is 4.98 Å². The first-order valence-electron chi connectivity index (χ1n) is 7.31. The highest BCUT2D eigenvalue weighted by molar-refractivity contribution is 6.31. The molecule has 0 N–H and O–H groups in total. The molecule has 0 bridgehead atoms. The second kappa shape index (κ2) is 6.58. The fraction of sp³-hybridized carbons (Fsp3) is 0.105. The van der Waals surface area contributed by atoms with Crippen LogP contribution in [0.1, 0.15) is 16.7 Å². The van der Waals surface area contributed by atoms with Gasteiger partial charge in [0.1, 0.15) is 6.07 Å². The number of nitriles is 2. The Labute approximate surface area is 145 Å². The molecule has 4 nitrogen and oxygen atoms in total. The molecule has 0 fully saturated rings. The molecular formula is C19H13ClN4. The van der Waals surface area contributed by atoms with Crippen molar-refractivity contribution in [1.29, 1.82) is 10.5 Å². The summed E-state index contributed by atoms with van der Waals surface area (Å²) in [5.74, 6) is 0. The van der Waals surface area contributed by atoms with E-state index in [1.165, 1.54) is 0 Å². The summed E-state index contributed by atoms with van der Waals surface area (Å²) in [5, 5.41) is 19.8. The maximum absolute atomic E-state index is 9.44. The molecule has 0 aliphatic carbocycles. The Bertz CT molecular complexity index is 981. The van der Waals surface area contributed by atoms with Crippen molar-refractivity contribution in [3.63, 3.8) is 0 Å². The molecule has 3 rings (SSSR count). The van der Waals surface area contributed by atoms with Crippen molar-refractivity contribution in [3.05, 3.63) is 70.4 Å². The zero-order valence-corrected chi connectivity index (χ0v) is 13.7. The first-order valence-corrected chi connectivity index (χ1v) is 7.68. The summed E-state index contributed by atoms with van der Waals surface area (Å²) in [5.41, 5.74) is 3.77. The number of hydrogen-bond acceptors (Lipinski definition) is 4. The van der Waals surface area contributed by atoms with Gasteiger partial charge in [-0.05, 0) is 35.9 Å². The number of hydrogen-bond donors (Lipinski definition) is 0. The Morgan fingerprint density at radius 3 is 2.50 bits per heavy atom. The molecule has 1 heterocycles. The average molecular weight is 333 g/mol. The number of nitrogens with zero attached hydrogens (tertiary/aromatic N) is 4. The van der Waals surface area contributed by atoms with Gasteiger partial charge >= 0.3 is 0 Å². The molecule has 24 heavy (non-hydrogen) atoms. The number of benzene rings is 2. The standard InChI is InChI=1S/C19H13ClN4/c1-24(12-14-4-2-13(9-21)3-5-14)19-15(10-22)11-23-18-7-6-16(20)8-17(18)19/h2-8,11H,12H2,1H3. The average Bonchev–Trinajstić information content (AvgIpc) is 2.61. The maximum Gasteiger partial charge on any atom is 0.103 e. The van der Waals surface area contributed by atoms with E-state index < -0.39 is 0 Å². The van der Waals surface area contributed by atoms with E-state index in [1.54, 1.807) is 24.4 Å². The second-order valence-electron chi connectivity index (χ2n) is 5.46. The van der Waals surface area contributed by atoms with Crippen LogP contribution in [0.15, 0.2) is 48.7 Å². The summed E-state index contributed by atoms with van der Waals surface area (Å²) in [4.78, 5) is 6.32. The van der Waals surface area contributed by atoms with Gasteiger partial charge in [0.15, 0.2) is 0 Å². The van der Waals surface area contributed by atoms with Crippen molar-refractivity contribution in [3.8, 4) is 12.1 Å². The van der Waals surface area contributed by atoms with E-state index >= 15 is 0 Å². The highest BCUT2D eigenvalue weighted by Crippen LogP contribution is 2.31. The van der Waals surface area contributed by atoms with Crippen LogP contribution in [0.25, 0.3) is 10.9 Å². The van der Waals surface area contributed by atoms with Gasteiger partial charge in [0.25, 0.3) is 0 Å². The maximum atomic E-state index is 9.44. The lowest BCUT2D eigenvalue weighted by Crippen LogP contribution is -2.18. The SMILES string of the molecule is CN(Cc1ccc(C#N)cc1)c1c(C#N)cnc2ccc(Cl)cc12. The molecule has 0 unspecified atom stereocenters. The molecule has 0 saturated heterocycles. The van der Waals surface area contributed by atoms with Crippen molar-refractivity contribution in [2.75, 3.05) is 11.9 Å². The highest BCUT2D eigenvalue weighted by atomic mass is 35.5. The van der Waals surface area contributed by atoms with Crippen molar-refractivity contribution >= 4 is 28.2 Å². The van der Waals surface area contributed by atoms with Crippen LogP contribution in [0, 0.1) is 22.7 Å². The van der Waals surface area contributed by atoms with E-state index in [2.05, 4.69) is 17.1 Å². The number of fused-ring (bicyclic) bond motifs is 1. The number of halogens is 1. The third-order valence-electron chi connectivity index (χ3n) is 3.81. The predicted molar refractivity (Wildman–Crippen MR) is 94.7 cm³/mol. The molecule has 3 aromatic rings. The summed E-state index contributed by atoms with van der Waals surface area (Å²) in [7, 11) is 1.93. The van der Waals surface area contributed by atoms with Crippen LogP contribution >= 0.6 is 11.6 Å². The molecule has 0 atom stereocenters. The zero-order valence-electron chi connectivity index (χ0n) is 13.0. The fourth-order valence-corrected chi connectivity index (χ4v) is 2.85. The molecule has 0 radical (unpaired) electrons. The van der Waals surface area contributed by atoms with Crippen LogP contribution in [0.3, 0.4) is 0 Å². The lowest BCUT2D eigenvalue weighted by Gasteiger charge is -2.22. The summed E-state index contributed by atoms with van der Waals surface area (Å²) in [6.07, 6.45) is 1.58. The lowest BCUT2D eigenvalue weighted by molar-refractivity contribution is 0.924. The summed E-state index contributed by atoms with van der Waals surface area (Å²) in [6, 6.07) is 17.2. The molecule has 116 valence electrons. The van der Waals surface area contributed by atoms with Crippen molar-refractivity contribution < 1.29 is 0 Å². The largest absolute Gasteiger partial charge is 0.369 e. The molecule has 2 aromatic carbocycles. The van der Waals surface area contributed by atoms with E-state index in [4.69, 9.17) is 16.9 Å². The predicted octanol–water partition coefficient (Wildman–Crippen LogP) is 4.27. The Kier molecular flexibility index (Phi) is 4.33. The second-order valence-corrected chi connectivity index (χ2v) is 5.89. The van der Waals surface area contributed by atoms with Crippen molar-refractivity contribution in [2.45, 2.75) is 6.54 Å². The van der Waals surface area contributed by atoms with Gasteiger partial charge in [-0.15, -0.1) is 0 Å². The molecule has 0 saturated carbocycles. The van der Waals surface area contributed by atoms with Crippen LogP contribution in [-0.2, 0) is 6.54 Å². The Balaban J connectivity index is 2.04. The molecule has 5 heteroatoms. The van der Waals surface area contributed by atoms with Crippen LogP contribution in [-0.4, -0.2) is 12.0 Å². The van der Waals surface area contributed by atoms with Crippen LogP contribution in [0.5, 0.6) is 0 Å². The first-order chi connectivity index (χ1) is 11.6. The third kappa shape index (κ3) is 3.01. The van der Waals surface area contributed by atoms with Gasteiger partial charge in [-0.25, -0.2) is 0 Å². The molecule has 0 aliphatic rings. The molecule has 0 aliphatic heterocycles. The molecule has 0 spiro atoms. The topological polar surface area (TPSA) is 63.7 Å². The minimum absolute atomic E-state index is 0.501. The number of anilines is 1. The number of aromatic nitrogens is 1. The van der Waals surface area contributed by atoms with Crippen molar-refractivity contribution in [2.24, 2.45) is 0 Å². The van der Waals surface area contributed by atoms with Crippen LogP contribution < -0.4 is 4.90 Å². The summed E-state index contributed by atoms with van der Waals surface area (Å²) >= 11 is 6.12. The van der Waals surface area contributed by atoms with Gasteiger partial charge in [-0.2, -0.15) is 10.5 Å². The van der Waals surface area contributed by atoms with Gasteiger partial charge in [0, 0.05) is 30.2 Å². The van der Waals surface area contributed by atoms with Crippen molar-refractivity contribution in [1.82, 2.24) is 4.98 Å². The van der Waals surface area contributed by atoms with Gasteiger partial charge in [0.2, 0.25) is 0 Å². The van der Waals surface area contributed by atoms with E-state index in [9.17, 15) is 5.26 Å². The molecule has 0 amide bonds. The monoisotopic (exact) mass is 332 g/mol. The normalized spacial score (nSPS) is 10.2. The van der Waals surface area contributed by atoms with E-state index in [-0.39, 0.29) is 0 Å². The Morgan fingerprint density at radius 2 is 1.83 bits per heavy atom. The highest BCUT2D eigenvalue weighted by Gasteiger charge is 2.14. The van der Waals surface area contributed by atoms with E-state index in [1.807, 2.05) is 36.2 Å².